The lowest BCUT2D eigenvalue weighted by atomic mass is 9.89. The Bertz CT molecular complexity index is 400. The SMILES string of the molecule is COCCOc1cc(C)ccc1NCC1CCCCC1. The number of hydrogen-bond donors (Lipinski definition) is 1. The summed E-state index contributed by atoms with van der Waals surface area (Å²) in [6, 6.07) is 6.35. The first kappa shape index (κ1) is 15.2. The summed E-state index contributed by atoms with van der Waals surface area (Å²) in [5.41, 5.74) is 2.33. The van der Waals surface area contributed by atoms with E-state index < -0.39 is 0 Å². The van der Waals surface area contributed by atoms with Crippen LogP contribution in [-0.2, 0) is 4.74 Å². The molecule has 20 heavy (non-hydrogen) atoms. The lowest BCUT2D eigenvalue weighted by Crippen LogP contribution is -2.17. The first-order valence-electron chi connectivity index (χ1n) is 7.76. The maximum Gasteiger partial charge on any atom is 0.142 e. The van der Waals surface area contributed by atoms with E-state index in [1.54, 1.807) is 7.11 Å². The fraction of sp³-hybridized carbons (Fsp3) is 0.647. The van der Waals surface area contributed by atoms with Crippen molar-refractivity contribution >= 4 is 5.69 Å². The van der Waals surface area contributed by atoms with Gasteiger partial charge in [0.15, 0.2) is 0 Å². The smallest absolute Gasteiger partial charge is 0.142 e. The van der Waals surface area contributed by atoms with Crippen LogP contribution >= 0.6 is 0 Å². The van der Waals surface area contributed by atoms with Crippen LogP contribution in [0.1, 0.15) is 37.7 Å². The Morgan fingerprint density at radius 3 is 2.70 bits per heavy atom. The number of aryl methyl sites for hydroxylation is 1. The third-order valence-corrected chi connectivity index (χ3v) is 3.99. The predicted octanol–water partition coefficient (Wildman–Crippen LogP) is 4.01. The summed E-state index contributed by atoms with van der Waals surface area (Å²) >= 11 is 0. The van der Waals surface area contributed by atoms with Gasteiger partial charge in [-0.05, 0) is 43.4 Å². The van der Waals surface area contributed by atoms with Gasteiger partial charge in [0.2, 0.25) is 0 Å². The van der Waals surface area contributed by atoms with Gasteiger partial charge in [-0.3, -0.25) is 0 Å². The van der Waals surface area contributed by atoms with E-state index in [2.05, 4.69) is 30.4 Å². The third-order valence-electron chi connectivity index (χ3n) is 3.99. The minimum Gasteiger partial charge on any atom is -0.489 e. The van der Waals surface area contributed by atoms with Crippen molar-refractivity contribution in [2.24, 2.45) is 5.92 Å². The Balaban J connectivity index is 1.91. The van der Waals surface area contributed by atoms with Crippen LogP contribution in [0.2, 0.25) is 0 Å². The fourth-order valence-electron chi connectivity index (χ4n) is 2.78. The topological polar surface area (TPSA) is 30.5 Å². The molecule has 0 amide bonds. The number of nitrogens with one attached hydrogen (secondary N) is 1. The van der Waals surface area contributed by atoms with Crippen molar-refractivity contribution in [1.29, 1.82) is 0 Å². The summed E-state index contributed by atoms with van der Waals surface area (Å²) < 4.78 is 10.9. The molecule has 0 spiro atoms. The van der Waals surface area contributed by atoms with Gasteiger partial charge in [0.1, 0.15) is 12.4 Å². The molecule has 3 nitrogen and oxygen atoms in total. The van der Waals surface area contributed by atoms with E-state index >= 15 is 0 Å². The molecule has 2 rings (SSSR count). The first-order chi connectivity index (χ1) is 9.79. The van der Waals surface area contributed by atoms with E-state index in [9.17, 15) is 0 Å². The lowest BCUT2D eigenvalue weighted by Gasteiger charge is -2.23. The molecule has 1 aromatic carbocycles. The molecule has 0 heterocycles. The Hall–Kier alpha value is -1.22. The predicted molar refractivity (Wildman–Crippen MR) is 83.6 cm³/mol. The minimum atomic E-state index is 0.595. The van der Waals surface area contributed by atoms with Crippen molar-refractivity contribution in [3.63, 3.8) is 0 Å². The average molecular weight is 277 g/mol. The summed E-state index contributed by atoms with van der Waals surface area (Å²) in [4.78, 5) is 0. The Morgan fingerprint density at radius 2 is 1.95 bits per heavy atom. The molecule has 0 saturated heterocycles. The second kappa shape index (κ2) is 8.15. The quantitative estimate of drug-likeness (QED) is 0.764. The van der Waals surface area contributed by atoms with Crippen LogP contribution in [0.5, 0.6) is 5.75 Å². The van der Waals surface area contributed by atoms with Gasteiger partial charge in [-0.25, -0.2) is 0 Å². The molecule has 112 valence electrons. The highest BCUT2D eigenvalue weighted by atomic mass is 16.5. The van der Waals surface area contributed by atoms with Crippen molar-refractivity contribution in [2.45, 2.75) is 39.0 Å². The molecule has 0 atom stereocenters. The van der Waals surface area contributed by atoms with E-state index in [-0.39, 0.29) is 0 Å². The van der Waals surface area contributed by atoms with Crippen molar-refractivity contribution in [3.05, 3.63) is 23.8 Å². The highest BCUT2D eigenvalue weighted by Gasteiger charge is 2.14. The fourth-order valence-corrected chi connectivity index (χ4v) is 2.78. The highest BCUT2D eigenvalue weighted by molar-refractivity contribution is 5.57. The zero-order valence-corrected chi connectivity index (χ0v) is 12.8. The van der Waals surface area contributed by atoms with Crippen molar-refractivity contribution in [3.8, 4) is 5.75 Å². The van der Waals surface area contributed by atoms with Gasteiger partial charge in [-0.1, -0.05) is 25.3 Å². The zero-order chi connectivity index (χ0) is 14.2. The zero-order valence-electron chi connectivity index (χ0n) is 12.8. The van der Waals surface area contributed by atoms with Gasteiger partial charge in [-0.15, -0.1) is 0 Å². The number of hydrogen-bond acceptors (Lipinski definition) is 3. The van der Waals surface area contributed by atoms with Crippen LogP contribution in [0.15, 0.2) is 18.2 Å². The number of methoxy groups -OCH3 is 1. The molecule has 3 heteroatoms. The number of ether oxygens (including phenoxy) is 2. The number of benzene rings is 1. The molecule has 1 fully saturated rings. The van der Waals surface area contributed by atoms with Crippen LogP contribution in [-0.4, -0.2) is 26.9 Å². The van der Waals surface area contributed by atoms with Crippen molar-refractivity contribution in [1.82, 2.24) is 0 Å². The van der Waals surface area contributed by atoms with Crippen LogP contribution in [0.25, 0.3) is 0 Å². The van der Waals surface area contributed by atoms with E-state index in [4.69, 9.17) is 9.47 Å². The standard InChI is InChI=1S/C17H27NO2/c1-14-8-9-16(17(12-14)20-11-10-19-2)18-13-15-6-4-3-5-7-15/h8-9,12,15,18H,3-7,10-11,13H2,1-2H3. The number of anilines is 1. The summed E-state index contributed by atoms with van der Waals surface area (Å²) in [6.07, 6.45) is 6.90. The van der Waals surface area contributed by atoms with Gasteiger partial charge < -0.3 is 14.8 Å². The van der Waals surface area contributed by atoms with Crippen molar-refractivity contribution < 1.29 is 9.47 Å². The van der Waals surface area contributed by atoms with Gasteiger partial charge in [0.25, 0.3) is 0 Å². The average Bonchev–Trinajstić information content (AvgIpc) is 2.48. The second-order valence-electron chi connectivity index (χ2n) is 5.73. The molecule has 0 aliphatic heterocycles. The minimum absolute atomic E-state index is 0.595. The van der Waals surface area contributed by atoms with Gasteiger partial charge >= 0.3 is 0 Å². The lowest BCUT2D eigenvalue weighted by molar-refractivity contribution is 0.146. The van der Waals surface area contributed by atoms with Crippen LogP contribution < -0.4 is 10.1 Å². The van der Waals surface area contributed by atoms with Crippen molar-refractivity contribution in [2.75, 3.05) is 32.2 Å². The molecular weight excluding hydrogens is 250 g/mol. The Morgan fingerprint density at radius 1 is 1.15 bits per heavy atom. The van der Waals surface area contributed by atoms with Gasteiger partial charge in [0, 0.05) is 13.7 Å². The summed E-state index contributed by atoms with van der Waals surface area (Å²) in [5, 5.41) is 3.57. The van der Waals surface area contributed by atoms with Crippen LogP contribution in [0, 0.1) is 12.8 Å². The van der Waals surface area contributed by atoms with E-state index in [0.29, 0.717) is 13.2 Å². The molecular formula is C17H27NO2. The molecule has 1 N–H and O–H groups in total. The molecule has 1 aliphatic carbocycles. The van der Waals surface area contributed by atoms with E-state index in [1.807, 2.05) is 0 Å². The summed E-state index contributed by atoms with van der Waals surface area (Å²) in [7, 11) is 1.70. The highest BCUT2D eigenvalue weighted by Crippen LogP contribution is 2.28. The normalized spacial score (nSPS) is 16.1. The van der Waals surface area contributed by atoms with Crippen LogP contribution in [0.3, 0.4) is 0 Å². The van der Waals surface area contributed by atoms with Gasteiger partial charge in [-0.2, -0.15) is 0 Å². The molecule has 0 radical (unpaired) electrons. The third kappa shape index (κ3) is 4.71. The maximum atomic E-state index is 5.81. The van der Waals surface area contributed by atoms with Gasteiger partial charge in [0.05, 0.1) is 12.3 Å². The molecule has 0 bridgehead atoms. The molecule has 0 unspecified atom stereocenters. The molecule has 1 aromatic rings. The maximum absolute atomic E-state index is 5.81. The summed E-state index contributed by atoms with van der Waals surface area (Å²) in [6.45, 7) is 4.37. The van der Waals surface area contributed by atoms with E-state index in [1.165, 1.54) is 37.7 Å². The summed E-state index contributed by atoms with van der Waals surface area (Å²) in [5.74, 6) is 1.76. The molecule has 0 aromatic heterocycles. The van der Waals surface area contributed by atoms with Crippen LogP contribution in [0.4, 0.5) is 5.69 Å². The molecule has 1 aliphatic rings. The molecule has 1 saturated carbocycles. The monoisotopic (exact) mass is 277 g/mol. The second-order valence-corrected chi connectivity index (χ2v) is 5.73. The largest absolute Gasteiger partial charge is 0.489 e. The first-order valence-corrected chi connectivity index (χ1v) is 7.76. The Labute approximate surface area is 122 Å². The Kier molecular flexibility index (Phi) is 6.19. The van der Waals surface area contributed by atoms with E-state index in [0.717, 1.165) is 23.9 Å². The number of rotatable bonds is 7.